The zero-order valence-corrected chi connectivity index (χ0v) is 9.30. The van der Waals surface area contributed by atoms with Crippen molar-refractivity contribution in [2.75, 3.05) is 13.1 Å². The Morgan fingerprint density at radius 3 is 2.73 bits per heavy atom. The van der Waals surface area contributed by atoms with Gasteiger partial charge in [-0.25, -0.2) is 4.39 Å². The Morgan fingerprint density at radius 2 is 2.07 bits per heavy atom. The van der Waals surface area contributed by atoms with Gasteiger partial charge >= 0.3 is 0 Å². The van der Waals surface area contributed by atoms with E-state index in [0.717, 1.165) is 30.1 Å². The molecule has 1 fully saturated rings. The average molecular weight is 228 g/mol. The van der Waals surface area contributed by atoms with Crippen molar-refractivity contribution in [1.82, 2.24) is 5.32 Å². The number of hydrogen-bond acceptors (Lipinski definition) is 1. The van der Waals surface area contributed by atoms with Crippen molar-refractivity contribution in [3.05, 3.63) is 34.9 Å². The third kappa shape index (κ3) is 2.93. The molecule has 0 saturated carbocycles. The summed E-state index contributed by atoms with van der Waals surface area (Å²) in [5, 5.41) is 3.96. The molecule has 1 aliphatic rings. The Bertz CT molecular complexity index is 312. The molecule has 0 spiro atoms. The monoisotopic (exact) mass is 227 g/mol. The lowest BCUT2D eigenvalue weighted by atomic mass is 9.91. The van der Waals surface area contributed by atoms with Crippen LogP contribution in [-0.2, 0) is 6.42 Å². The summed E-state index contributed by atoms with van der Waals surface area (Å²) in [6, 6.07) is 7.67. The lowest BCUT2D eigenvalue weighted by Crippen LogP contribution is -2.38. The zero-order valence-electron chi connectivity index (χ0n) is 8.55. The second-order valence-corrected chi connectivity index (χ2v) is 4.54. The summed E-state index contributed by atoms with van der Waals surface area (Å²) in [4.78, 5) is 0. The molecular formula is C12H15ClFN. The van der Waals surface area contributed by atoms with Crippen molar-refractivity contribution >= 4 is 11.6 Å². The molecule has 2 rings (SSSR count). The van der Waals surface area contributed by atoms with Crippen molar-refractivity contribution in [2.24, 2.45) is 5.92 Å². The van der Waals surface area contributed by atoms with Gasteiger partial charge in [0.05, 0.1) is 0 Å². The van der Waals surface area contributed by atoms with Crippen LogP contribution in [0.4, 0.5) is 4.39 Å². The number of hydrogen-bond donors (Lipinski definition) is 1. The molecule has 2 unspecified atom stereocenters. The highest BCUT2D eigenvalue weighted by molar-refractivity contribution is 6.30. The third-order valence-electron chi connectivity index (χ3n) is 2.93. The molecule has 0 aromatic heterocycles. The topological polar surface area (TPSA) is 12.0 Å². The van der Waals surface area contributed by atoms with Crippen molar-refractivity contribution in [3.8, 4) is 0 Å². The Balaban J connectivity index is 1.98. The van der Waals surface area contributed by atoms with Crippen LogP contribution in [0.5, 0.6) is 0 Å². The number of rotatable bonds is 2. The minimum atomic E-state index is -0.665. The molecule has 2 atom stereocenters. The molecule has 3 heteroatoms. The molecule has 15 heavy (non-hydrogen) atoms. The molecule has 1 N–H and O–H groups in total. The number of benzene rings is 1. The maximum absolute atomic E-state index is 13.5. The lowest BCUT2D eigenvalue weighted by molar-refractivity contribution is 0.178. The van der Waals surface area contributed by atoms with E-state index in [9.17, 15) is 4.39 Å². The van der Waals surface area contributed by atoms with E-state index in [1.54, 1.807) is 0 Å². The van der Waals surface area contributed by atoms with Crippen molar-refractivity contribution in [2.45, 2.75) is 19.0 Å². The van der Waals surface area contributed by atoms with Crippen LogP contribution in [0.2, 0.25) is 5.02 Å². The third-order valence-corrected chi connectivity index (χ3v) is 3.18. The summed E-state index contributed by atoms with van der Waals surface area (Å²) in [6.45, 7) is 1.59. The SMILES string of the molecule is FC1CCNCC1Cc1ccc(Cl)cc1. The fourth-order valence-corrected chi connectivity index (χ4v) is 2.14. The van der Waals surface area contributed by atoms with Gasteiger partial charge in [0.1, 0.15) is 6.17 Å². The van der Waals surface area contributed by atoms with Crippen molar-refractivity contribution in [1.29, 1.82) is 0 Å². The van der Waals surface area contributed by atoms with E-state index in [0.29, 0.717) is 6.42 Å². The first-order chi connectivity index (χ1) is 7.25. The molecule has 0 bridgehead atoms. The molecule has 1 aromatic carbocycles. The number of piperidine rings is 1. The summed E-state index contributed by atoms with van der Waals surface area (Å²) in [7, 11) is 0. The molecule has 1 aromatic rings. The Hall–Kier alpha value is -0.600. The van der Waals surface area contributed by atoms with Gasteiger partial charge in [0.15, 0.2) is 0 Å². The first-order valence-electron chi connectivity index (χ1n) is 5.35. The van der Waals surface area contributed by atoms with E-state index < -0.39 is 6.17 Å². The Kier molecular flexibility index (Phi) is 3.60. The van der Waals surface area contributed by atoms with Gasteiger partial charge < -0.3 is 5.32 Å². The quantitative estimate of drug-likeness (QED) is 0.820. The smallest absolute Gasteiger partial charge is 0.106 e. The molecule has 1 nitrogen and oxygen atoms in total. The fraction of sp³-hybridized carbons (Fsp3) is 0.500. The van der Waals surface area contributed by atoms with E-state index >= 15 is 0 Å². The van der Waals surface area contributed by atoms with E-state index in [-0.39, 0.29) is 5.92 Å². The van der Waals surface area contributed by atoms with Crippen LogP contribution in [-0.4, -0.2) is 19.3 Å². The van der Waals surface area contributed by atoms with Gasteiger partial charge in [0.25, 0.3) is 0 Å². The Morgan fingerprint density at radius 1 is 1.33 bits per heavy atom. The second kappa shape index (κ2) is 4.95. The second-order valence-electron chi connectivity index (χ2n) is 4.10. The molecule has 82 valence electrons. The van der Waals surface area contributed by atoms with Gasteiger partial charge in [0, 0.05) is 17.5 Å². The van der Waals surface area contributed by atoms with E-state index in [1.165, 1.54) is 0 Å². The minimum absolute atomic E-state index is 0.111. The molecule has 0 radical (unpaired) electrons. The Labute approximate surface area is 94.6 Å². The van der Waals surface area contributed by atoms with Crippen molar-refractivity contribution in [3.63, 3.8) is 0 Å². The summed E-state index contributed by atoms with van der Waals surface area (Å²) in [5.74, 6) is 0.111. The van der Waals surface area contributed by atoms with E-state index in [2.05, 4.69) is 5.32 Å². The maximum atomic E-state index is 13.5. The van der Waals surface area contributed by atoms with Crippen LogP contribution in [0.1, 0.15) is 12.0 Å². The predicted octanol–water partition coefficient (Wildman–Crippen LogP) is 2.83. The number of halogens is 2. The zero-order chi connectivity index (χ0) is 10.7. The standard InChI is InChI=1S/C12H15ClFN/c13-11-3-1-9(2-4-11)7-10-8-15-6-5-12(10)14/h1-4,10,12,15H,5-8H2. The lowest BCUT2D eigenvalue weighted by Gasteiger charge is -2.26. The molecule has 1 heterocycles. The largest absolute Gasteiger partial charge is 0.316 e. The molecule has 1 aliphatic heterocycles. The summed E-state index contributed by atoms with van der Waals surface area (Å²) in [5.41, 5.74) is 1.16. The summed E-state index contributed by atoms with van der Waals surface area (Å²) in [6.07, 6.45) is 0.769. The van der Waals surface area contributed by atoms with Gasteiger partial charge in [0.2, 0.25) is 0 Å². The van der Waals surface area contributed by atoms with Crippen LogP contribution < -0.4 is 5.32 Å². The highest BCUT2D eigenvalue weighted by atomic mass is 35.5. The minimum Gasteiger partial charge on any atom is -0.316 e. The van der Waals surface area contributed by atoms with Gasteiger partial charge in [-0.1, -0.05) is 23.7 Å². The average Bonchev–Trinajstić information content (AvgIpc) is 2.25. The van der Waals surface area contributed by atoms with Gasteiger partial charge in [-0.3, -0.25) is 0 Å². The number of alkyl halides is 1. The van der Waals surface area contributed by atoms with Crippen molar-refractivity contribution < 1.29 is 4.39 Å². The van der Waals surface area contributed by atoms with Gasteiger partial charge in [-0.15, -0.1) is 0 Å². The highest BCUT2D eigenvalue weighted by Gasteiger charge is 2.24. The highest BCUT2D eigenvalue weighted by Crippen LogP contribution is 2.20. The first kappa shape index (κ1) is 10.9. The summed E-state index contributed by atoms with van der Waals surface area (Å²) < 4.78 is 13.5. The van der Waals surface area contributed by atoms with Crippen LogP contribution in [0.3, 0.4) is 0 Å². The summed E-state index contributed by atoms with van der Waals surface area (Å²) >= 11 is 5.80. The van der Waals surface area contributed by atoms with Crippen LogP contribution in [0, 0.1) is 5.92 Å². The number of nitrogens with one attached hydrogen (secondary N) is 1. The van der Waals surface area contributed by atoms with E-state index in [4.69, 9.17) is 11.6 Å². The normalized spacial score (nSPS) is 26.5. The predicted molar refractivity (Wildman–Crippen MR) is 61.0 cm³/mol. The first-order valence-corrected chi connectivity index (χ1v) is 5.73. The van der Waals surface area contributed by atoms with Gasteiger partial charge in [-0.05, 0) is 37.1 Å². The van der Waals surface area contributed by atoms with E-state index in [1.807, 2.05) is 24.3 Å². The van der Waals surface area contributed by atoms with Gasteiger partial charge in [-0.2, -0.15) is 0 Å². The van der Waals surface area contributed by atoms with Crippen LogP contribution in [0.25, 0.3) is 0 Å². The molecule has 0 amide bonds. The molecular weight excluding hydrogens is 213 g/mol. The maximum Gasteiger partial charge on any atom is 0.106 e. The molecule has 0 aliphatic carbocycles. The van der Waals surface area contributed by atoms with Crippen LogP contribution >= 0.6 is 11.6 Å². The fourth-order valence-electron chi connectivity index (χ4n) is 2.01. The van der Waals surface area contributed by atoms with Crippen LogP contribution in [0.15, 0.2) is 24.3 Å². The molecule has 1 saturated heterocycles.